The van der Waals surface area contributed by atoms with Gasteiger partial charge in [0.1, 0.15) is 0 Å². The third kappa shape index (κ3) is 1.60. The van der Waals surface area contributed by atoms with Gasteiger partial charge in [-0.1, -0.05) is 70.5 Å². The van der Waals surface area contributed by atoms with E-state index in [2.05, 4.69) is 83.5 Å². The Labute approximate surface area is 126 Å². The quantitative estimate of drug-likeness (QED) is 0.337. The summed E-state index contributed by atoms with van der Waals surface area (Å²) in [5, 5.41) is 7.90. The van der Waals surface area contributed by atoms with E-state index in [-0.39, 0.29) is 0 Å². The van der Waals surface area contributed by atoms with Crippen LogP contribution < -0.4 is 0 Å². The standard InChI is InChI=1S/C19H13Br/c1-12-10-17-15-8-4-5-9-16(15)19(20)11-18(17)14-7-3-2-6-13(12)14/h2-11H,1H3. The molecule has 0 N–H and O–H groups in total. The zero-order chi connectivity index (χ0) is 13.7. The molecular formula is C19H13Br. The smallest absolute Gasteiger partial charge is 0.0260 e. The maximum absolute atomic E-state index is 3.72. The molecule has 0 radical (unpaired) electrons. The van der Waals surface area contributed by atoms with Crippen molar-refractivity contribution in [2.75, 3.05) is 0 Å². The number of benzene rings is 4. The van der Waals surface area contributed by atoms with Crippen LogP contribution in [-0.4, -0.2) is 0 Å². The van der Waals surface area contributed by atoms with Crippen molar-refractivity contribution in [3.63, 3.8) is 0 Å². The first-order valence-corrected chi connectivity index (χ1v) is 7.54. The van der Waals surface area contributed by atoms with Gasteiger partial charge in [-0.3, -0.25) is 0 Å². The molecule has 0 atom stereocenters. The van der Waals surface area contributed by atoms with E-state index in [4.69, 9.17) is 0 Å². The molecule has 0 amide bonds. The zero-order valence-corrected chi connectivity index (χ0v) is 12.7. The minimum Gasteiger partial charge on any atom is -0.0616 e. The maximum Gasteiger partial charge on any atom is 0.0260 e. The van der Waals surface area contributed by atoms with Crippen molar-refractivity contribution in [2.24, 2.45) is 0 Å². The number of rotatable bonds is 0. The molecule has 0 nitrogen and oxygen atoms in total. The number of hydrogen-bond acceptors (Lipinski definition) is 0. The number of hydrogen-bond donors (Lipinski definition) is 0. The van der Waals surface area contributed by atoms with Crippen molar-refractivity contribution in [3.05, 3.63) is 70.7 Å². The Kier molecular flexibility index (Phi) is 2.58. The molecule has 0 fully saturated rings. The Hall–Kier alpha value is -1.86. The van der Waals surface area contributed by atoms with Crippen LogP contribution in [0.4, 0.5) is 0 Å². The highest BCUT2D eigenvalue weighted by Gasteiger charge is 2.09. The summed E-state index contributed by atoms with van der Waals surface area (Å²) < 4.78 is 1.16. The molecule has 20 heavy (non-hydrogen) atoms. The lowest BCUT2D eigenvalue weighted by molar-refractivity contribution is 1.56. The summed E-state index contributed by atoms with van der Waals surface area (Å²) in [6.07, 6.45) is 0. The molecule has 0 aliphatic heterocycles. The highest BCUT2D eigenvalue weighted by atomic mass is 79.9. The Morgan fingerprint density at radius 1 is 0.600 bits per heavy atom. The van der Waals surface area contributed by atoms with Gasteiger partial charge in [-0.05, 0) is 50.9 Å². The van der Waals surface area contributed by atoms with Crippen LogP contribution in [0, 0.1) is 6.92 Å². The summed E-state index contributed by atoms with van der Waals surface area (Å²) in [6, 6.07) is 21.8. The van der Waals surface area contributed by atoms with E-state index in [0.29, 0.717) is 0 Å². The highest BCUT2D eigenvalue weighted by Crippen LogP contribution is 2.36. The summed E-state index contributed by atoms with van der Waals surface area (Å²) in [5.74, 6) is 0. The second-order valence-corrected chi connectivity index (χ2v) is 6.09. The van der Waals surface area contributed by atoms with Gasteiger partial charge in [0.15, 0.2) is 0 Å². The molecule has 4 rings (SSSR count). The minimum absolute atomic E-state index is 1.16. The number of fused-ring (bicyclic) bond motifs is 5. The number of halogens is 1. The molecule has 0 saturated heterocycles. The molecule has 4 aromatic carbocycles. The van der Waals surface area contributed by atoms with Gasteiger partial charge >= 0.3 is 0 Å². The number of aryl methyl sites for hydroxylation is 1. The van der Waals surface area contributed by atoms with Crippen LogP contribution in [0.3, 0.4) is 0 Å². The Bertz CT molecular complexity index is 886. The van der Waals surface area contributed by atoms with Gasteiger partial charge in [0.05, 0.1) is 0 Å². The van der Waals surface area contributed by atoms with E-state index >= 15 is 0 Å². The molecule has 0 aliphatic carbocycles. The summed E-state index contributed by atoms with van der Waals surface area (Å²) in [6.45, 7) is 2.19. The lowest BCUT2D eigenvalue weighted by Gasteiger charge is -2.11. The SMILES string of the molecule is Cc1cc2c3ccccc3c(Br)cc2c2ccccc12. The van der Waals surface area contributed by atoms with Crippen molar-refractivity contribution in [3.8, 4) is 0 Å². The summed E-state index contributed by atoms with van der Waals surface area (Å²) in [7, 11) is 0. The van der Waals surface area contributed by atoms with E-state index in [0.717, 1.165) is 4.47 Å². The lowest BCUT2D eigenvalue weighted by atomic mass is 9.94. The topological polar surface area (TPSA) is 0 Å². The lowest BCUT2D eigenvalue weighted by Crippen LogP contribution is -1.85. The highest BCUT2D eigenvalue weighted by molar-refractivity contribution is 9.10. The van der Waals surface area contributed by atoms with Crippen LogP contribution in [0.15, 0.2) is 65.1 Å². The van der Waals surface area contributed by atoms with Crippen LogP contribution >= 0.6 is 15.9 Å². The van der Waals surface area contributed by atoms with Crippen molar-refractivity contribution in [1.29, 1.82) is 0 Å². The third-order valence-corrected chi connectivity index (χ3v) is 4.69. The predicted molar refractivity (Wildman–Crippen MR) is 91.4 cm³/mol. The molecule has 0 aliphatic rings. The first-order valence-electron chi connectivity index (χ1n) is 6.75. The van der Waals surface area contributed by atoms with Crippen molar-refractivity contribution < 1.29 is 0 Å². The van der Waals surface area contributed by atoms with E-state index in [9.17, 15) is 0 Å². The van der Waals surface area contributed by atoms with Crippen molar-refractivity contribution in [2.45, 2.75) is 6.92 Å². The first-order chi connectivity index (χ1) is 9.75. The second-order valence-electron chi connectivity index (χ2n) is 5.24. The molecule has 0 aromatic heterocycles. The summed E-state index contributed by atoms with van der Waals surface area (Å²) in [5.41, 5.74) is 1.33. The third-order valence-electron chi connectivity index (χ3n) is 4.04. The van der Waals surface area contributed by atoms with E-state index in [1.165, 1.54) is 37.9 Å². The summed E-state index contributed by atoms with van der Waals surface area (Å²) >= 11 is 3.72. The van der Waals surface area contributed by atoms with E-state index in [1.807, 2.05) is 0 Å². The van der Waals surface area contributed by atoms with E-state index < -0.39 is 0 Å². The van der Waals surface area contributed by atoms with Crippen LogP contribution in [0.1, 0.15) is 5.56 Å². The minimum atomic E-state index is 1.16. The molecular weight excluding hydrogens is 308 g/mol. The van der Waals surface area contributed by atoms with Gasteiger partial charge in [0.2, 0.25) is 0 Å². The molecule has 4 aromatic rings. The van der Waals surface area contributed by atoms with Crippen molar-refractivity contribution in [1.82, 2.24) is 0 Å². The Morgan fingerprint density at radius 3 is 1.80 bits per heavy atom. The molecule has 0 spiro atoms. The van der Waals surface area contributed by atoms with E-state index in [1.54, 1.807) is 0 Å². The largest absolute Gasteiger partial charge is 0.0616 e. The molecule has 0 unspecified atom stereocenters. The van der Waals surface area contributed by atoms with Crippen molar-refractivity contribution >= 4 is 48.2 Å². The van der Waals surface area contributed by atoms with Gasteiger partial charge < -0.3 is 0 Å². The summed E-state index contributed by atoms with van der Waals surface area (Å²) in [4.78, 5) is 0. The molecule has 96 valence electrons. The fourth-order valence-corrected chi connectivity index (χ4v) is 3.66. The molecule has 0 heterocycles. The van der Waals surface area contributed by atoms with Gasteiger partial charge in [0, 0.05) is 4.47 Å². The van der Waals surface area contributed by atoms with Crippen LogP contribution in [0.5, 0.6) is 0 Å². The fraction of sp³-hybridized carbons (Fsp3) is 0.0526. The molecule has 1 heteroatoms. The fourth-order valence-electron chi connectivity index (χ4n) is 3.09. The first kappa shape index (κ1) is 11.9. The van der Waals surface area contributed by atoms with Gasteiger partial charge in [0.25, 0.3) is 0 Å². The molecule has 0 saturated carbocycles. The monoisotopic (exact) mass is 320 g/mol. The average Bonchev–Trinajstić information content (AvgIpc) is 2.49. The average molecular weight is 321 g/mol. The van der Waals surface area contributed by atoms with Crippen LogP contribution in [0.2, 0.25) is 0 Å². The zero-order valence-electron chi connectivity index (χ0n) is 11.2. The van der Waals surface area contributed by atoms with Crippen LogP contribution in [0.25, 0.3) is 32.3 Å². The Balaban J connectivity index is 2.36. The Morgan fingerprint density at radius 2 is 1.10 bits per heavy atom. The van der Waals surface area contributed by atoms with Gasteiger partial charge in [-0.25, -0.2) is 0 Å². The predicted octanol–water partition coefficient (Wildman–Crippen LogP) is 6.22. The van der Waals surface area contributed by atoms with Gasteiger partial charge in [-0.15, -0.1) is 0 Å². The van der Waals surface area contributed by atoms with Gasteiger partial charge in [-0.2, -0.15) is 0 Å². The maximum atomic E-state index is 3.72. The second kappa shape index (κ2) is 4.32. The molecule has 0 bridgehead atoms. The van der Waals surface area contributed by atoms with Crippen LogP contribution in [-0.2, 0) is 0 Å². The normalized spacial score (nSPS) is 11.5.